The lowest BCUT2D eigenvalue weighted by atomic mass is 10.1. The lowest BCUT2D eigenvalue weighted by Gasteiger charge is -2.26. The molecule has 1 fully saturated rings. The van der Waals surface area contributed by atoms with E-state index in [-0.39, 0.29) is 22.9 Å². The molecule has 3 aromatic rings. The monoisotopic (exact) mass is 510 g/mol. The van der Waals surface area contributed by atoms with Crippen molar-refractivity contribution < 1.29 is 23.9 Å². The molecule has 0 aliphatic carbocycles. The van der Waals surface area contributed by atoms with E-state index in [2.05, 4.69) is 5.32 Å². The van der Waals surface area contributed by atoms with Crippen molar-refractivity contribution in [3.8, 4) is 11.5 Å². The molecule has 178 valence electrons. The van der Waals surface area contributed by atoms with Crippen molar-refractivity contribution in [2.75, 3.05) is 12.0 Å². The number of rotatable bonds is 6. The maximum absolute atomic E-state index is 13.1. The van der Waals surface area contributed by atoms with Crippen LogP contribution in [0.15, 0.2) is 66.2 Å². The van der Waals surface area contributed by atoms with Crippen LogP contribution in [0.3, 0.4) is 0 Å². The predicted molar refractivity (Wildman–Crippen MR) is 134 cm³/mol. The average molecular weight is 511 g/mol. The number of benzene rings is 3. The van der Waals surface area contributed by atoms with Crippen molar-refractivity contribution >= 4 is 52.8 Å². The van der Waals surface area contributed by atoms with Crippen LogP contribution in [-0.2, 0) is 16.2 Å². The number of anilines is 1. The molecule has 9 heteroatoms. The fourth-order valence-corrected chi connectivity index (χ4v) is 4.05. The number of carbonyl (C=O) groups excluding carboxylic acids is 3. The zero-order valence-corrected chi connectivity index (χ0v) is 20.3. The van der Waals surface area contributed by atoms with Crippen LogP contribution < -0.4 is 19.7 Å². The number of hydrogen-bond donors (Lipinski definition) is 1. The standard InChI is InChI=1S/C26H20Cl2N2O5/c1-15-5-3-6-16(9-15)14-35-23-21(28)11-17(12-22(23)34-2)10-20-24(31)29-26(33)30(25(20)32)19-8-4-7-18(27)13-19/h3-13H,14H2,1-2H3,(H,29,31,33)/b20-10+. The molecule has 0 spiro atoms. The molecule has 4 rings (SSSR count). The molecule has 0 unspecified atom stereocenters. The van der Waals surface area contributed by atoms with E-state index < -0.39 is 17.8 Å². The topological polar surface area (TPSA) is 84.9 Å². The summed E-state index contributed by atoms with van der Waals surface area (Å²) in [5.74, 6) is -0.972. The van der Waals surface area contributed by atoms with E-state index >= 15 is 0 Å². The fourth-order valence-electron chi connectivity index (χ4n) is 3.59. The summed E-state index contributed by atoms with van der Waals surface area (Å²) in [5.41, 5.74) is 2.45. The third kappa shape index (κ3) is 5.31. The number of aryl methyl sites for hydroxylation is 1. The maximum atomic E-state index is 13.1. The first-order valence-corrected chi connectivity index (χ1v) is 11.3. The minimum absolute atomic E-state index is 0.230. The summed E-state index contributed by atoms with van der Waals surface area (Å²) in [6.45, 7) is 2.26. The molecule has 0 bridgehead atoms. The van der Waals surface area contributed by atoms with Crippen LogP contribution in [0.25, 0.3) is 6.08 Å². The van der Waals surface area contributed by atoms with Gasteiger partial charge >= 0.3 is 6.03 Å². The molecule has 1 saturated heterocycles. The molecule has 1 aliphatic rings. The Labute approximate surface area is 211 Å². The quantitative estimate of drug-likeness (QED) is 0.346. The van der Waals surface area contributed by atoms with Crippen LogP contribution in [0.5, 0.6) is 11.5 Å². The number of nitrogens with one attached hydrogen (secondary N) is 1. The van der Waals surface area contributed by atoms with E-state index in [1.54, 1.807) is 24.3 Å². The predicted octanol–water partition coefficient (Wildman–Crippen LogP) is 5.56. The number of nitrogens with zero attached hydrogens (tertiary/aromatic N) is 1. The van der Waals surface area contributed by atoms with Gasteiger partial charge in [0, 0.05) is 5.02 Å². The van der Waals surface area contributed by atoms with Gasteiger partial charge in [0.1, 0.15) is 12.2 Å². The first kappa shape index (κ1) is 24.3. The molecule has 0 saturated carbocycles. The lowest BCUT2D eigenvalue weighted by Crippen LogP contribution is -2.54. The molecule has 3 aromatic carbocycles. The SMILES string of the molecule is COc1cc(/C=C2\C(=O)NC(=O)N(c3cccc(Cl)c3)C2=O)cc(Cl)c1OCc1cccc(C)c1. The second-order valence-electron chi connectivity index (χ2n) is 7.75. The number of barbiturate groups is 1. The third-order valence-corrected chi connectivity index (χ3v) is 5.71. The van der Waals surface area contributed by atoms with Crippen LogP contribution in [0.2, 0.25) is 10.0 Å². The molecule has 0 atom stereocenters. The van der Waals surface area contributed by atoms with Gasteiger partial charge in [0.2, 0.25) is 0 Å². The molecule has 4 amide bonds. The average Bonchev–Trinajstić information content (AvgIpc) is 2.80. The Balaban J connectivity index is 1.64. The first-order chi connectivity index (χ1) is 16.8. The van der Waals surface area contributed by atoms with Gasteiger partial charge < -0.3 is 9.47 Å². The molecule has 1 N–H and O–H groups in total. The summed E-state index contributed by atoms with van der Waals surface area (Å²) in [7, 11) is 1.46. The van der Waals surface area contributed by atoms with E-state index in [1.807, 2.05) is 31.2 Å². The summed E-state index contributed by atoms with van der Waals surface area (Å²) in [6.07, 6.45) is 1.33. The Morgan fingerprint density at radius 1 is 1.00 bits per heavy atom. The first-order valence-electron chi connectivity index (χ1n) is 10.5. The van der Waals surface area contributed by atoms with Gasteiger partial charge in [0.15, 0.2) is 11.5 Å². The highest BCUT2D eigenvalue weighted by molar-refractivity contribution is 6.39. The van der Waals surface area contributed by atoms with Gasteiger partial charge in [-0.3, -0.25) is 14.9 Å². The van der Waals surface area contributed by atoms with Crippen molar-refractivity contribution in [1.82, 2.24) is 5.32 Å². The van der Waals surface area contributed by atoms with Gasteiger partial charge in [-0.15, -0.1) is 0 Å². The van der Waals surface area contributed by atoms with Crippen LogP contribution in [0.1, 0.15) is 16.7 Å². The number of hydrogen-bond acceptors (Lipinski definition) is 5. The van der Waals surface area contributed by atoms with Gasteiger partial charge in [0.05, 0.1) is 17.8 Å². The molecule has 35 heavy (non-hydrogen) atoms. The molecular weight excluding hydrogens is 491 g/mol. The fraction of sp³-hybridized carbons (Fsp3) is 0.115. The summed E-state index contributed by atoms with van der Waals surface area (Å²) in [5, 5.41) is 2.74. The molecule has 0 aromatic heterocycles. The maximum Gasteiger partial charge on any atom is 0.335 e. The molecule has 7 nitrogen and oxygen atoms in total. The van der Waals surface area contributed by atoms with Gasteiger partial charge in [-0.1, -0.05) is 59.1 Å². The van der Waals surface area contributed by atoms with Crippen molar-refractivity contribution in [3.05, 3.63) is 93.0 Å². The van der Waals surface area contributed by atoms with Gasteiger partial charge in [0.25, 0.3) is 11.8 Å². The van der Waals surface area contributed by atoms with Gasteiger partial charge in [-0.25, -0.2) is 9.69 Å². The molecule has 1 aliphatic heterocycles. The van der Waals surface area contributed by atoms with E-state index in [9.17, 15) is 14.4 Å². The number of amides is 4. The number of carbonyl (C=O) groups is 3. The lowest BCUT2D eigenvalue weighted by molar-refractivity contribution is -0.122. The summed E-state index contributed by atoms with van der Waals surface area (Å²) >= 11 is 12.5. The summed E-state index contributed by atoms with van der Waals surface area (Å²) in [6, 6.07) is 16.3. The van der Waals surface area contributed by atoms with Crippen molar-refractivity contribution in [2.45, 2.75) is 13.5 Å². The van der Waals surface area contributed by atoms with Crippen LogP contribution in [0, 0.1) is 6.92 Å². The number of urea groups is 1. The largest absolute Gasteiger partial charge is 0.493 e. The highest BCUT2D eigenvalue weighted by atomic mass is 35.5. The van der Waals surface area contributed by atoms with Crippen molar-refractivity contribution in [2.24, 2.45) is 0 Å². The van der Waals surface area contributed by atoms with E-state index in [0.29, 0.717) is 22.1 Å². The number of halogens is 2. The van der Waals surface area contributed by atoms with Crippen molar-refractivity contribution in [1.29, 1.82) is 0 Å². The van der Waals surface area contributed by atoms with Crippen molar-refractivity contribution in [3.63, 3.8) is 0 Å². The van der Waals surface area contributed by atoms with Crippen LogP contribution in [-0.4, -0.2) is 25.0 Å². The smallest absolute Gasteiger partial charge is 0.335 e. The second-order valence-corrected chi connectivity index (χ2v) is 8.59. The highest BCUT2D eigenvalue weighted by Gasteiger charge is 2.37. The number of ether oxygens (including phenoxy) is 2. The Kier molecular flexibility index (Phi) is 7.10. The highest BCUT2D eigenvalue weighted by Crippen LogP contribution is 2.38. The summed E-state index contributed by atoms with van der Waals surface area (Å²) in [4.78, 5) is 38.8. The Morgan fingerprint density at radius 3 is 2.49 bits per heavy atom. The molecular formula is C26H20Cl2N2O5. The molecule has 1 heterocycles. The summed E-state index contributed by atoms with van der Waals surface area (Å²) < 4.78 is 11.3. The van der Waals surface area contributed by atoms with Gasteiger partial charge in [-0.05, 0) is 54.5 Å². The van der Waals surface area contributed by atoms with Gasteiger partial charge in [-0.2, -0.15) is 0 Å². The third-order valence-electron chi connectivity index (χ3n) is 5.20. The van der Waals surface area contributed by atoms with E-state index in [4.69, 9.17) is 32.7 Å². The minimum atomic E-state index is -0.866. The minimum Gasteiger partial charge on any atom is -0.493 e. The Morgan fingerprint density at radius 2 is 1.77 bits per heavy atom. The van der Waals surface area contributed by atoms with E-state index in [0.717, 1.165) is 16.0 Å². The second kappa shape index (κ2) is 10.2. The Bertz CT molecular complexity index is 1370. The van der Waals surface area contributed by atoms with E-state index in [1.165, 1.54) is 25.3 Å². The Hall–Kier alpha value is -3.81. The zero-order chi connectivity index (χ0) is 25.1. The number of methoxy groups -OCH3 is 1. The normalized spacial score (nSPS) is 14.8. The van der Waals surface area contributed by atoms with Crippen LogP contribution >= 0.6 is 23.2 Å². The van der Waals surface area contributed by atoms with Crippen LogP contribution in [0.4, 0.5) is 10.5 Å². The molecule has 0 radical (unpaired) electrons. The zero-order valence-electron chi connectivity index (χ0n) is 18.8. The number of imide groups is 2.